The minimum absolute atomic E-state index is 0.0240. The van der Waals surface area contributed by atoms with Crippen LogP contribution < -0.4 is 5.32 Å². The summed E-state index contributed by atoms with van der Waals surface area (Å²) in [7, 11) is 0. The summed E-state index contributed by atoms with van der Waals surface area (Å²) in [6.07, 6.45) is 8.55. The Morgan fingerprint density at radius 2 is 1.46 bits per heavy atom. The van der Waals surface area contributed by atoms with E-state index in [-0.39, 0.29) is 23.8 Å². The topological polar surface area (TPSA) is 67.9 Å². The zero-order valence-corrected chi connectivity index (χ0v) is 15.5. The summed E-state index contributed by atoms with van der Waals surface area (Å²) < 4.78 is 11.4. The second-order valence-corrected chi connectivity index (χ2v) is 9.37. The summed E-state index contributed by atoms with van der Waals surface area (Å²) in [5.74, 6) is 1.93. The number of rotatable bonds is 3. The van der Waals surface area contributed by atoms with Crippen LogP contribution in [0.2, 0.25) is 0 Å². The highest BCUT2D eigenvalue weighted by atomic mass is 16.7. The largest absolute Gasteiger partial charge is 0.347 e. The summed E-state index contributed by atoms with van der Waals surface area (Å²) >= 11 is 0. The van der Waals surface area contributed by atoms with Crippen LogP contribution in [0.1, 0.15) is 51.4 Å². The van der Waals surface area contributed by atoms with Gasteiger partial charge in [-0.1, -0.05) is 0 Å². The smallest absolute Gasteiger partial charge is 0.241 e. The van der Waals surface area contributed by atoms with Crippen molar-refractivity contribution in [3.05, 3.63) is 0 Å². The van der Waals surface area contributed by atoms with E-state index in [1.165, 1.54) is 19.3 Å². The number of hydrogen-bond donors (Lipinski definition) is 1. The molecular weight excluding hydrogens is 332 g/mol. The number of hydrogen-bond acceptors (Lipinski definition) is 4. The Kier molecular flexibility index (Phi) is 4.05. The molecule has 0 aromatic carbocycles. The average Bonchev–Trinajstić information content (AvgIpc) is 3.07. The molecule has 6 rings (SSSR count). The monoisotopic (exact) mass is 362 g/mol. The summed E-state index contributed by atoms with van der Waals surface area (Å²) in [6.45, 7) is 2.72. The predicted molar refractivity (Wildman–Crippen MR) is 94.1 cm³/mol. The Labute approximate surface area is 155 Å². The molecule has 6 fully saturated rings. The highest BCUT2D eigenvalue weighted by Gasteiger charge is 2.54. The van der Waals surface area contributed by atoms with Gasteiger partial charge >= 0.3 is 0 Å². The zero-order chi connectivity index (χ0) is 17.8. The van der Waals surface area contributed by atoms with Crippen molar-refractivity contribution in [3.63, 3.8) is 0 Å². The van der Waals surface area contributed by atoms with Crippen molar-refractivity contribution in [2.45, 2.75) is 57.2 Å². The molecule has 0 unspecified atom stereocenters. The van der Waals surface area contributed by atoms with E-state index in [2.05, 4.69) is 5.32 Å². The third-order valence-corrected chi connectivity index (χ3v) is 7.61. The van der Waals surface area contributed by atoms with Crippen molar-refractivity contribution in [2.24, 2.45) is 23.2 Å². The maximum Gasteiger partial charge on any atom is 0.241 e. The van der Waals surface area contributed by atoms with Crippen LogP contribution in [-0.4, -0.2) is 55.3 Å². The number of ether oxygens (including phenoxy) is 2. The van der Waals surface area contributed by atoms with Crippen LogP contribution >= 0.6 is 0 Å². The van der Waals surface area contributed by atoms with Gasteiger partial charge in [0.05, 0.1) is 19.8 Å². The van der Waals surface area contributed by atoms with Crippen LogP contribution in [-0.2, 0) is 19.1 Å². The van der Waals surface area contributed by atoms with Gasteiger partial charge in [0.1, 0.15) is 0 Å². The number of likely N-dealkylation sites (tertiary alicyclic amines) is 1. The van der Waals surface area contributed by atoms with Crippen molar-refractivity contribution in [1.82, 2.24) is 10.2 Å². The summed E-state index contributed by atoms with van der Waals surface area (Å²) in [5, 5.41) is 3.01. The van der Waals surface area contributed by atoms with Crippen LogP contribution in [0.4, 0.5) is 0 Å². The Balaban J connectivity index is 1.14. The Bertz CT molecular complexity index is 553. The predicted octanol–water partition coefficient (Wildman–Crippen LogP) is 1.68. The first-order chi connectivity index (χ1) is 12.6. The van der Waals surface area contributed by atoms with E-state index in [4.69, 9.17) is 9.47 Å². The standard InChI is InChI=1S/C20H30N2O4/c23-17(22-3-1-20(2-4-22)25-5-6-26-20)13-21-18(24)19-10-14-7-15(11-19)9-16(8-14)12-19/h14-16H,1-13H2,(H,21,24). The van der Waals surface area contributed by atoms with E-state index >= 15 is 0 Å². The molecular formula is C20H30N2O4. The second-order valence-electron chi connectivity index (χ2n) is 9.37. The van der Waals surface area contributed by atoms with Gasteiger partial charge in [0.15, 0.2) is 5.79 Å². The summed E-state index contributed by atoms with van der Waals surface area (Å²) in [6, 6.07) is 0. The Morgan fingerprint density at radius 1 is 0.923 bits per heavy atom. The minimum atomic E-state index is -0.459. The van der Waals surface area contributed by atoms with E-state index in [1.807, 2.05) is 4.90 Å². The molecule has 144 valence electrons. The molecule has 1 N–H and O–H groups in total. The molecule has 1 spiro atoms. The number of amides is 2. The van der Waals surface area contributed by atoms with Gasteiger partial charge in [0, 0.05) is 31.3 Å². The first-order valence-electron chi connectivity index (χ1n) is 10.4. The third-order valence-electron chi connectivity index (χ3n) is 7.61. The zero-order valence-electron chi connectivity index (χ0n) is 15.5. The number of carbonyl (C=O) groups is 2. The fourth-order valence-corrected chi connectivity index (χ4v) is 6.73. The normalized spacial score (nSPS) is 40.2. The molecule has 26 heavy (non-hydrogen) atoms. The maximum absolute atomic E-state index is 13.0. The summed E-state index contributed by atoms with van der Waals surface area (Å²) in [4.78, 5) is 27.4. The molecule has 2 amide bonds. The summed E-state index contributed by atoms with van der Waals surface area (Å²) in [5.41, 5.74) is -0.174. The van der Waals surface area contributed by atoms with Crippen molar-refractivity contribution in [2.75, 3.05) is 32.8 Å². The fourth-order valence-electron chi connectivity index (χ4n) is 6.73. The van der Waals surface area contributed by atoms with Crippen molar-refractivity contribution in [1.29, 1.82) is 0 Å². The number of carbonyl (C=O) groups excluding carboxylic acids is 2. The van der Waals surface area contributed by atoms with Crippen molar-refractivity contribution >= 4 is 11.8 Å². The first-order valence-corrected chi connectivity index (χ1v) is 10.4. The molecule has 2 aliphatic heterocycles. The molecule has 4 aliphatic carbocycles. The van der Waals surface area contributed by atoms with Crippen LogP contribution in [0.3, 0.4) is 0 Å². The van der Waals surface area contributed by atoms with Gasteiger partial charge in [-0.2, -0.15) is 0 Å². The second kappa shape index (κ2) is 6.20. The molecule has 2 heterocycles. The van der Waals surface area contributed by atoms with Crippen molar-refractivity contribution < 1.29 is 19.1 Å². The number of piperidine rings is 1. The van der Waals surface area contributed by atoms with Crippen LogP contribution in [0.5, 0.6) is 0 Å². The molecule has 6 aliphatic rings. The van der Waals surface area contributed by atoms with Gasteiger partial charge in [-0.3, -0.25) is 9.59 Å². The lowest BCUT2D eigenvalue weighted by atomic mass is 9.49. The van der Waals surface area contributed by atoms with E-state index in [0.717, 1.165) is 49.9 Å². The number of nitrogens with one attached hydrogen (secondary N) is 1. The lowest BCUT2D eigenvalue weighted by molar-refractivity contribution is -0.187. The molecule has 0 aromatic rings. The molecule has 0 radical (unpaired) electrons. The highest BCUT2D eigenvalue weighted by Crippen LogP contribution is 2.60. The quantitative estimate of drug-likeness (QED) is 0.830. The Hall–Kier alpha value is -1.14. The van der Waals surface area contributed by atoms with Crippen molar-refractivity contribution in [3.8, 4) is 0 Å². The first kappa shape index (κ1) is 17.0. The average molecular weight is 362 g/mol. The van der Waals surface area contributed by atoms with E-state index < -0.39 is 5.79 Å². The molecule has 6 heteroatoms. The van der Waals surface area contributed by atoms with Gasteiger partial charge < -0.3 is 19.7 Å². The lowest BCUT2D eigenvalue weighted by Crippen LogP contribution is -2.55. The molecule has 4 bridgehead atoms. The van der Waals surface area contributed by atoms with E-state index in [1.54, 1.807) is 0 Å². The van der Waals surface area contributed by atoms with Gasteiger partial charge in [0.25, 0.3) is 0 Å². The van der Waals surface area contributed by atoms with Gasteiger partial charge in [-0.05, 0) is 56.3 Å². The van der Waals surface area contributed by atoms with E-state index in [9.17, 15) is 9.59 Å². The molecule has 6 nitrogen and oxygen atoms in total. The maximum atomic E-state index is 13.0. The molecule has 0 aromatic heterocycles. The molecule has 4 saturated carbocycles. The van der Waals surface area contributed by atoms with Crippen LogP contribution in [0.25, 0.3) is 0 Å². The molecule has 2 saturated heterocycles. The van der Waals surface area contributed by atoms with Gasteiger partial charge in [-0.15, -0.1) is 0 Å². The highest BCUT2D eigenvalue weighted by molar-refractivity contribution is 5.88. The fraction of sp³-hybridized carbons (Fsp3) is 0.900. The third kappa shape index (κ3) is 2.85. The lowest BCUT2D eigenvalue weighted by Gasteiger charge is -2.55. The molecule has 0 atom stereocenters. The van der Waals surface area contributed by atoms with Gasteiger partial charge in [-0.25, -0.2) is 0 Å². The van der Waals surface area contributed by atoms with Gasteiger partial charge in [0.2, 0.25) is 11.8 Å². The minimum Gasteiger partial charge on any atom is -0.347 e. The SMILES string of the molecule is O=C(CNC(=O)C12CC3CC(CC(C3)C1)C2)N1CCC2(CC1)OCCO2. The number of nitrogens with zero attached hydrogens (tertiary/aromatic N) is 1. The van der Waals surface area contributed by atoms with Crippen LogP contribution in [0.15, 0.2) is 0 Å². The Morgan fingerprint density at radius 3 is 2.00 bits per heavy atom. The van der Waals surface area contributed by atoms with E-state index in [0.29, 0.717) is 26.3 Å². The van der Waals surface area contributed by atoms with Crippen LogP contribution in [0, 0.1) is 23.2 Å².